The molecule has 42 heavy (non-hydrogen) atoms. The number of nitrogens with one attached hydrogen (secondary N) is 1. The Morgan fingerprint density at radius 2 is 1.79 bits per heavy atom. The second kappa shape index (κ2) is 10.8. The number of aliphatic hydroxyl groups excluding tert-OH is 1. The van der Waals surface area contributed by atoms with Gasteiger partial charge in [-0.25, -0.2) is 0 Å². The van der Waals surface area contributed by atoms with Crippen LogP contribution in [0.15, 0.2) is 66.7 Å². The van der Waals surface area contributed by atoms with E-state index in [2.05, 4.69) is 17.4 Å². The van der Waals surface area contributed by atoms with E-state index in [1.165, 1.54) is 27.8 Å². The van der Waals surface area contributed by atoms with Crippen LogP contribution in [-0.2, 0) is 22.4 Å². The molecule has 2 fully saturated rings. The number of hydrogen-bond acceptors (Lipinski definition) is 6. The van der Waals surface area contributed by atoms with Crippen molar-refractivity contribution in [2.24, 2.45) is 0 Å². The Morgan fingerprint density at radius 3 is 2.55 bits per heavy atom. The van der Waals surface area contributed by atoms with Gasteiger partial charge in [-0.2, -0.15) is 0 Å². The molecule has 5 atom stereocenters. The average molecular weight is 586 g/mol. The van der Waals surface area contributed by atoms with E-state index in [1.54, 1.807) is 26.0 Å². The highest BCUT2D eigenvalue weighted by Crippen LogP contribution is 2.56. The van der Waals surface area contributed by atoms with Gasteiger partial charge in [-0.15, -0.1) is 11.8 Å². The second-order valence-corrected chi connectivity index (χ2v) is 13.0. The highest BCUT2D eigenvalue weighted by atomic mass is 32.2. The summed E-state index contributed by atoms with van der Waals surface area (Å²) in [4.78, 5) is 43.7. The zero-order chi connectivity index (χ0) is 29.8. The molecule has 1 aliphatic carbocycles. The molecule has 2 saturated heterocycles. The first-order valence-electron chi connectivity index (χ1n) is 14.3. The molecule has 3 aliphatic rings. The van der Waals surface area contributed by atoms with Crippen LogP contribution >= 0.6 is 11.8 Å². The minimum absolute atomic E-state index is 0.0262. The van der Waals surface area contributed by atoms with Gasteiger partial charge in [0.25, 0.3) is 11.8 Å². The van der Waals surface area contributed by atoms with Crippen LogP contribution < -0.4 is 5.32 Å². The first-order chi connectivity index (χ1) is 20.1. The number of fused-ring (bicyclic) bond motifs is 2. The molecule has 0 spiro atoms. The van der Waals surface area contributed by atoms with E-state index in [0.29, 0.717) is 11.1 Å². The van der Waals surface area contributed by atoms with Crippen molar-refractivity contribution in [1.82, 2.24) is 15.1 Å². The molecule has 0 aromatic heterocycles. The van der Waals surface area contributed by atoms with Crippen molar-refractivity contribution in [2.75, 3.05) is 5.88 Å². The molecule has 3 aromatic carbocycles. The molecule has 1 unspecified atom stereocenters. The number of hydrogen-bond donors (Lipinski definition) is 3. The van der Waals surface area contributed by atoms with E-state index in [1.807, 2.05) is 54.3 Å². The molecule has 2 aliphatic heterocycles. The van der Waals surface area contributed by atoms with Gasteiger partial charge in [0.2, 0.25) is 5.91 Å². The molecular formula is C33H35N3O5S. The third kappa shape index (κ3) is 4.55. The van der Waals surface area contributed by atoms with Crippen molar-refractivity contribution >= 4 is 29.5 Å². The van der Waals surface area contributed by atoms with Crippen LogP contribution in [0.5, 0.6) is 5.75 Å². The van der Waals surface area contributed by atoms with Gasteiger partial charge in [-0.05, 0) is 68.4 Å². The van der Waals surface area contributed by atoms with Crippen LogP contribution in [0, 0.1) is 13.8 Å². The van der Waals surface area contributed by atoms with Crippen LogP contribution in [0.4, 0.5) is 0 Å². The monoisotopic (exact) mass is 585 g/mol. The normalized spacial score (nSPS) is 24.0. The Bertz CT molecular complexity index is 1560. The quantitative estimate of drug-likeness (QED) is 0.364. The standard InChI is InChI=1S/C33H35N3O5S/c1-19-13-15-23(20(2)27(19)37)30(39)34-25(17-21-9-5-4-6-10-21)28(38)31(40)35-18-42-33(3)29(35)32(41)36(33)26-16-14-22-11-7-8-12-24(22)26/h4-13,15,25-26,28-29,37-38H,14,16-18H2,1-3H3,(H,34,39)/t25-,26-,28-,29+,33?/m0/s1. The summed E-state index contributed by atoms with van der Waals surface area (Å²) >= 11 is 1.54. The molecule has 3 amide bonds. The highest BCUT2D eigenvalue weighted by molar-refractivity contribution is 8.01. The van der Waals surface area contributed by atoms with Gasteiger partial charge < -0.3 is 25.3 Å². The maximum atomic E-state index is 13.9. The number of aromatic hydroxyl groups is 1. The largest absolute Gasteiger partial charge is 0.507 e. The van der Waals surface area contributed by atoms with Crippen LogP contribution in [0.3, 0.4) is 0 Å². The van der Waals surface area contributed by atoms with Crippen molar-refractivity contribution in [3.8, 4) is 5.75 Å². The molecule has 8 nitrogen and oxygen atoms in total. The highest BCUT2D eigenvalue weighted by Gasteiger charge is 2.67. The van der Waals surface area contributed by atoms with E-state index >= 15 is 0 Å². The Hall–Kier alpha value is -3.82. The minimum atomic E-state index is -1.58. The van der Waals surface area contributed by atoms with E-state index in [-0.39, 0.29) is 35.6 Å². The average Bonchev–Trinajstić information content (AvgIpc) is 3.54. The predicted octanol–water partition coefficient (Wildman–Crippen LogP) is 3.86. The van der Waals surface area contributed by atoms with Crippen molar-refractivity contribution in [3.63, 3.8) is 0 Å². The van der Waals surface area contributed by atoms with Gasteiger partial charge >= 0.3 is 0 Å². The molecule has 6 rings (SSSR count). The molecule has 2 heterocycles. The summed E-state index contributed by atoms with van der Waals surface area (Å²) in [6, 6.07) is 19.1. The number of benzene rings is 3. The lowest BCUT2D eigenvalue weighted by Gasteiger charge is -2.55. The van der Waals surface area contributed by atoms with E-state index < -0.39 is 34.9 Å². The van der Waals surface area contributed by atoms with Crippen molar-refractivity contribution in [1.29, 1.82) is 0 Å². The number of carbonyl (C=O) groups is 3. The topological polar surface area (TPSA) is 110 Å². The molecule has 0 bridgehead atoms. The van der Waals surface area contributed by atoms with E-state index in [4.69, 9.17) is 0 Å². The molecule has 3 aromatic rings. The SMILES string of the molecule is Cc1ccc(C(=O)N[C@@H](Cc2ccccc2)[C@H](O)C(=O)N2CSC3(C)[C@H]2C(=O)N3[C@H]2CCc3ccccc32)c(C)c1O. The number of phenols is 1. The molecule has 0 saturated carbocycles. The minimum Gasteiger partial charge on any atom is -0.507 e. The summed E-state index contributed by atoms with van der Waals surface area (Å²) in [6.07, 6.45) is 0.392. The molecular weight excluding hydrogens is 550 g/mol. The first-order valence-corrected chi connectivity index (χ1v) is 15.3. The third-order valence-electron chi connectivity index (χ3n) is 9.09. The number of rotatable bonds is 7. The number of nitrogens with zero attached hydrogens (tertiary/aromatic N) is 2. The van der Waals surface area contributed by atoms with Gasteiger partial charge in [0.05, 0.1) is 18.0 Å². The zero-order valence-electron chi connectivity index (χ0n) is 23.9. The predicted molar refractivity (Wildman–Crippen MR) is 161 cm³/mol. The van der Waals surface area contributed by atoms with Crippen LogP contribution in [0.1, 0.15) is 57.6 Å². The number of thioether (sulfide) groups is 1. The number of amides is 3. The first kappa shape index (κ1) is 28.3. The van der Waals surface area contributed by atoms with Gasteiger partial charge in [-0.1, -0.05) is 60.7 Å². The van der Waals surface area contributed by atoms with Crippen LogP contribution in [0.25, 0.3) is 0 Å². The Labute approximate surface area is 249 Å². The molecule has 3 N–H and O–H groups in total. The maximum Gasteiger partial charge on any atom is 0.255 e. The summed E-state index contributed by atoms with van der Waals surface area (Å²) < 4.78 is 0. The Balaban J connectivity index is 1.23. The number of aliphatic hydroxyl groups is 1. The van der Waals surface area contributed by atoms with Gasteiger partial charge in [0, 0.05) is 11.1 Å². The molecule has 218 valence electrons. The lowest BCUT2D eigenvalue weighted by molar-refractivity contribution is -0.171. The Morgan fingerprint density at radius 1 is 1.07 bits per heavy atom. The fraction of sp³-hybridized carbons (Fsp3) is 0.364. The summed E-state index contributed by atoms with van der Waals surface area (Å²) in [7, 11) is 0. The second-order valence-electron chi connectivity index (χ2n) is 11.6. The molecule has 0 radical (unpaired) electrons. The van der Waals surface area contributed by atoms with E-state index in [9.17, 15) is 24.6 Å². The smallest absolute Gasteiger partial charge is 0.255 e. The maximum absolute atomic E-state index is 13.9. The van der Waals surface area contributed by atoms with Crippen molar-refractivity contribution in [2.45, 2.75) is 69.1 Å². The van der Waals surface area contributed by atoms with Gasteiger partial charge in [0.15, 0.2) is 6.10 Å². The van der Waals surface area contributed by atoms with Crippen molar-refractivity contribution in [3.05, 3.63) is 100 Å². The van der Waals surface area contributed by atoms with Crippen LogP contribution in [0.2, 0.25) is 0 Å². The number of carbonyl (C=O) groups excluding carboxylic acids is 3. The number of likely N-dealkylation sites (tertiary alicyclic amines) is 1. The van der Waals surface area contributed by atoms with Crippen LogP contribution in [-0.4, -0.2) is 66.7 Å². The fourth-order valence-electron chi connectivity index (χ4n) is 6.73. The van der Waals surface area contributed by atoms with Crippen molar-refractivity contribution < 1.29 is 24.6 Å². The lowest BCUT2D eigenvalue weighted by Crippen LogP contribution is -2.74. The third-order valence-corrected chi connectivity index (χ3v) is 10.5. The summed E-state index contributed by atoms with van der Waals surface area (Å²) in [6.45, 7) is 5.41. The number of β-lactam (4-membered cyclic amide) rings is 1. The Kier molecular flexibility index (Phi) is 7.27. The summed E-state index contributed by atoms with van der Waals surface area (Å²) in [5.41, 5.74) is 4.60. The molecule has 9 heteroatoms. The summed E-state index contributed by atoms with van der Waals surface area (Å²) in [5.74, 6) is -0.892. The lowest BCUT2D eigenvalue weighted by atomic mass is 9.89. The number of aryl methyl sites for hydroxylation is 2. The van der Waals surface area contributed by atoms with Gasteiger partial charge in [0.1, 0.15) is 16.7 Å². The van der Waals surface area contributed by atoms with E-state index in [0.717, 1.165) is 18.4 Å². The van der Waals surface area contributed by atoms with Gasteiger partial charge in [-0.3, -0.25) is 14.4 Å². The number of phenolic OH excluding ortho intramolecular Hbond substituents is 1. The zero-order valence-corrected chi connectivity index (χ0v) is 24.7. The summed E-state index contributed by atoms with van der Waals surface area (Å²) in [5, 5.41) is 24.7. The fourth-order valence-corrected chi connectivity index (χ4v) is 8.15.